The largest absolute Gasteiger partial charge is 0.449 e. The van der Waals surface area contributed by atoms with Crippen molar-refractivity contribution in [1.29, 1.82) is 0 Å². The molecule has 3 aromatic carbocycles. The zero-order valence-corrected chi connectivity index (χ0v) is 16.6. The highest BCUT2D eigenvalue weighted by atomic mass is 16.5. The Labute approximate surface area is 180 Å². The van der Waals surface area contributed by atoms with Crippen molar-refractivity contribution in [2.24, 2.45) is 0 Å². The number of fused-ring (bicyclic) bond motifs is 3. The number of alkyl carbamates (subject to hydrolysis) is 1. The first-order valence-corrected chi connectivity index (χ1v) is 9.83. The lowest BCUT2D eigenvalue weighted by Gasteiger charge is -2.14. The van der Waals surface area contributed by atoms with E-state index >= 15 is 0 Å². The molecule has 0 bridgehead atoms. The van der Waals surface area contributed by atoms with Crippen molar-refractivity contribution in [2.75, 3.05) is 13.2 Å². The fourth-order valence-electron chi connectivity index (χ4n) is 3.80. The lowest BCUT2D eigenvalue weighted by atomic mass is 9.98. The molecule has 1 amide bonds. The summed E-state index contributed by atoms with van der Waals surface area (Å²) in [4.78, 5) is 34.0. The molecule has 0 aliphatic heterocycles. The number of carbonyl (C=O) groups is 3. The fraction of sp³-hybridized carbons (Fsp3) is 0.115. The van der Waals surface area contributed by atoms with Crippen LogP contribution in [0.3, 0.4) is 0 Å². The van der Waals surface area contributed by atoms with Gasteiger partial charge in [-0.1, -0.05) is 60.4 Å². The van der Waals surface area contributed by atoms with Gasteiger partial charge in [-0.3, -0.25) is 9.59 Å². The number of ether oxygens (including phenoxy) is 1. The van der Waals surface area contributed by atoms with Crippen molar-refractivity contribution in [2.45, 2.75) is 5.92 Å². The third-order valence-corrected chi connectivity index (χ3v) is 5.15. The van der Waals surface area contributed by atoms with Crippen LogP contribution in [0.5, 0.6) is 0 Å². The van der Waals surface area contributed by atoms with Crippen molar-refractivity contribution in [3.8, 4) is 23.0 Å². The van der Waals surface area contributed by atoms with E-state index in [4.69, 9.17) is 4.74 Å². The molecule has 1 aliphatic carbocycles. The van der Waals surface area contributed by atoms with E-state index in [1.54, 1.807) is 12.1 Å². The smallest absolute Gasteiger partial charge is 0.407 e. The molecule has 0 unspecified atom stereocenters. The van der Waals surface area contributed by atoms with Gasteiger partial charge in [0.2, 0.25) is 0 Å². The Hall–Kier alpha value is -4.17. The number of aldehydes is 2. The Morgan fingerprint density at radius 3 is 2.06 bits per heavy atom. The van der Waals surface area contributed by atoms with Crippen LogP contribution in [0.25, 0.3) is 11.1 Å². The standard InChI is InChI=1S/C26H19NO4/c28-15-19-12-18(13-20(14-19)16-29)6-5-11-27-26(30)31-17-25-23-9-3-1-7-21(23)22-8-2-4-10-24(22)25/h1-4,7-10,12-16,25H,11,17H2,(H,27,30). The highest BCUT2D eigenvalue weighted by Gasteiger charge is 2.28. The summed E-state index contributed by atoms with van der Waals surface area (Å²) in [5.41, 5.74) is 5.92. The van der Waals surface area contributed by atoms with E-state index in [9.17, 15) is 14.4 Å². The molecule has 0 heterocycles. The molecule has 0 saturated heterocycles. The van der Waals surface area contributed by atoms with E-state index in [0.29, 0.717) is 29.3 Å². The second-order valence-corrected chi connectivity index (χ2v) is 7.10. The van der Waals surface area contributed by atoms with E-state index in [2.05, 4.69) is 41.4 Å². The van der Waals surface area contributed by atoms with Gasteiger partial charge in [0.25, 0.3) is 0 Å². The fourth-order valence-corrected chi connectivity index (χ4v) is 3.80. The summed E-state index contributed by atoms with van der Waals surface area (Å²) in [6, 6.07) is 20.9. The van der Waals surface area contributed by atoms with Gasteiger partial charge in [0.05, 0.1) is 6.54 Å². The Balaban J connectivity index is 1.36. The molecule has 5 heteroatoms. The van der Waals surface area contributed by atoms with Crippen molar-refractivity contribution in [1.82, 2.24) is 5.32 Å². The van der Waals surface area contributed by atoms with Crippen molar-refractivity contribution >= 4 is 18.7 Å². The second-order valence-electron chi connectivity index (χ2n) is 7.10. The van der Waals surface area contributed by atoms with E-state index in [0.717, 1.165) is 11.1 Å². The van der Waals surface area contributed by atoms with Crippen LogP contribution in [-0.2, 0) is 4.74 Å². The topological polar surface area (TPSA) is 72.5 Å². The SMILES string of the molecule is O=Cc1cc(C#CCNC(=O)OCC2c3ccccc3-c3ccccc32)cc(C=O)c1. The minimum absolute atomic E-state index is 0.00271. The number of benzene rings is 3. The van der Waals surface area contributed by atoms with Crippen LogP contribution in [0.4, 0.5) is 4.79 Å². The minimum Gasteiger partial charge on any atom is -0.449 e. The van der Waals surface area contributed by atoms with Crippen LogP contribution >= 0.6 is 0 Å². The molecule has 0 aromatic heterocycles. The summed E-state index contributed by atoms with van der Waals surface area (Å²) in [6.07, 6.45) is 0.770. The summed E-state index contributed by atoms with van der Waals surface area (Å²) < 4.78 is 5.45. The van der Waals surface area contributed by atoms with E-state index < -0.39 is 6.09 Å². The number of hydrogen-bond acceptors (Lipinski definition) is 4. The third kappa shape index (κ3) is 4.39. The van der Waals surface area contributed by atoms with Crippen LogP contribution in [0.15, 0.2) is 66.7 Å². The van der Waals surface area contributed by atoms with Gasteiger partial charge >= 0.3 is 6.09 Å². The Bertz CT molecular complexity index is 1150. The van der Waals surface area contributed by atoms with Crippen LogP contribution in [0.1, 0.15) is 43.3 Å². The minimum atomic E-state index is -0.550. The van der Waals surface area contributed by atoms with Gasteiger partial charge in [-0.05, 0) is 40.5 Å². The Kier molecular flexibility index (Phi) is 5.91. The molecule has 0 fully saturated rings. The molecule has 0 saturated carbocycles. The maximum atomic E-state index is 12.1. The lowest BCUT2D eigenvalue weighted by Crippen LogP contribution is -2.26. The number of nitrogens with one attached hydrogen (secondary N) is 1. The molecule has 1 N–H and O–H groups in total. The summed E-state index contributed by atoms with van der Waals surface area (Å²) in [5.74, 6) is 5.63. The molecule has 0 atom stereocenters. The first kappa shape index (κ1) is 20.1. The molecule has 31 heavy (non-hydrogen) atoms. The first-order valence-electron chi connectivity index (χ1n) is 9.83. The Morgan fingerprint density at radius 1 is 0.903 bits per heavy atom. The van der Waals surface area contributed by atoms with Crippen LogP contribution in [-0.4, -0.2) is 31.8 Å². The van der Waals surface area contributed by atoms with Crippen LogP contribution in [0, 0.1) is 11.8 Å². The molecule has 0 radical (unpaired) electrons. The van der Waals surface area contributed by atoms with Crippen LogP contribution in [0.2, 0.25) is 0 Å². The molecular weight excluding hydrogens is 390 g/mol. The molecule has 0 spiro atoms. The zero-order valence-electron chi connectivity index (χ0n) is 16.6. The van der Waals surface area contributed by atoms with E-state index in [1.807, 2.05) is 24.3 Å². The maximum absolute atomic E-state index is 12.1. The van der Waals surface area contributed by atoms with Gasteiger partial charge in [-0.2, -0.15) is 0 Å². The summed E-state index contributed by atoms with van der Waals surface area (Å²) in [6.45, 7) is 0.315. The summed E-state index contributed by atoms with van der Waals surface area (Å²) in [7, 11) is 0. The third-order valence-electron chi connectivity index (χ3n) is 5.15. The maximum Gasteiger partial charge on any atom is 0.407 e. The quantitative estimate of drug-likeness (QED) is 0.506. The van der Waals surface area contributed by atoms with Gasteiger partial charge in [-0.25, -0.2) is 4.79 Å². The molecule has 5 nitrogen and oxygen atoms in total. The predicted octanol–water partition coefficient (Wildman–Crippen LogP) is 4.20. The molecular formula is C26H19NO4. The monoisotopic (exact) mass is 409 g/mol. The predicted molar refractivity (Wildman–Crippen MR) is 117 cm³/mol. The van der Waals surface area contributed by atoms with Gasteiger partial charge in [0.15, 0.2) is 0 Å². The summed E-state index contributed by atoms with van der Waals surface area (Å²) in [5, 5.41) is 2.61. The van der Waals surface area contributed by atoms with Gasteiger partial charge in [0.1, 0.15) is 19.2 Å². The van der Waals surface area contributed by atoms with Gasteiger partial charge < -0.3 is 10.1 Å². The number of amides is 1. The average Bonchev–Trinajstić information content (AvgIpc) is 3.14. The molecule has 3 aromatic rings. The zero-order chi connectivity index (χ0) is 21.6. The summed E-state index contributed by atoms with van der Waals surface area (Å²) >= 11 is 0. The van der Waals surface area contributed by atoms with E-state index in [1.165, 1.54) is 17.2 Å². The van der Waals surface area contributed by atoms with Crippen molar-refractivity contribution in [3.63, 3.8) is 0 Å². The van der Waals surface area contributed by atoms with Crippen LogP contribution < -0.4 is 5.32 Å². The molecule has 1 aliphatic rings. The number of hydrogen-bond donors (Lipinski definition) is 1. The highest BCUT2D eigenvalue weighted by Crippen LogP contribution is 2.44. The molecule has 152 valence electrons. The van der Waals surface area contributed by atoms with Crippen molar-refractivity contribution in [3.05, 3.63) is 94.5 Å². The Morgan fingerprint density at radius 2 is 1.48 bits per heavy atom. The first-order chi connectivity index (χ1) is 15.2. The normalized spacial score (nSPS) is 11.5. The van der Waals surface area contributed by atoms with Crippen molar-refractivity contribution < 1.29 is 19.1 Å². The molecule has 4 rings (SSSR count). The number of rotatable bonds is 5. The van der Waals surface area contributed by atoms with E-state index in [-0.39, 0.29) is 19.1 Å². The number of carbonyl (C=O) groups excluding carboxylic acids is 3. The highest BCUT2D eigenvalue weighted by molar-refractivity contribution is 5.83. The van der Waals surface area contributed by atoms with Gasteiger partial charge in [0, 0.05) is 22.6 Å². The average molecular weight is 409 g/mol. The second kappa shape index (κ2) is 9.10. The lowest BCUT2D eigenvalue weighted by molar-refractivity contribution is 0.112. The van der Waals surface area contributed by atoms with Gasteiger partial charge in [-0.15, -0.1) is 0 Å².